The minimum absolute atomic E-state index is 0.0698. The summed E-state index contributed by atoms with van der Waals surface area (Å²) < 4.78 is 0. The van der Waals surface area contributed by atoms with Crippen molar-refractivity contribution in [2.45, 2.75) is 33.2 Å². The van der Waals surface area contributed by atoms with Gasteiger partial charge >= 0.3 is 0 Å². The van der Waals surface area contributed by atoms with Crippen LogP contribution in [0.5, 0.6) is 0 Å². The summed E-state index contributed by atoms with van der Waals surface area (Å²) in [6, 6.07) is 7.51. The van der Waals surface area contributed by atoms with Gasteiger partial charge in [0.2, 0.25) is 0 Å². The first-order valence-corrected chi connectivity index (χ1v) is 7.54. The van der Waals surface area contributed by atoms with Crippen LogP contribution in [0, 0.1) is 0 Å². The van der Waals surface area contributed by atoms with E-state index in [1.54, 1.807) is 7.05 Å². The highest BCUT2D eigenvalue weighted by atomic mass is 16.1. The van der Waals surface area contributed by atoms with Gasteiger partial charge in [-0.2, -0.15) is 0 Å². The molecule has 0 heterocycles. The van der Waals surface area contributed by atoms with Gasteiger partial charge in [-0.05, 0) is 31.0 Å². The van der Waals surface area contributed by atoms with Crippen molar-refractivity contribution in [3.05, 3.63) is 35.4 Å². The van der Waals surface area contributed by atoms with Crippen molar-refractivity contribution in [3.63, 3.8) is 0 Å². The number of aliphatic imine (C=N–C) groups is 1. The molecule has 0 spiro atoms. The lowest BCUT2D eigenvalue weighted by Gasteiger charge is -2.10. The third-order valence-corrected chi connectivity index (χ3v) is 3.03. The van der Waals surface area contributed by atoms with Gasteiger partial charge in [0.25, 0.3) is 5.91 Å². The lowest BCUT2D eigenvalue weighted by Crippen LogP contribution is -2.37. The second-order valence-corrected chi connectivity index (χ2v) is 4.75. The highest BCUT2D eigenvalue weighted by Crippen LogP contribution is 2.05. The Bertz CT molecular complexity index is 454. The quantitative estimate of drug-likeness (QED) is 0.408. The number of nitrogens with one attached hydrogen (secondary N) is 3. The molecular weight excluding hydrogens is 264 g/mol. The molecule has 116 valence electrons. The zero-order valence-electron chi connectivity index (χ0n) is 13.2. The molecule has 0 radical (unpaired) electrons. The van der Waals surface area contributed by atoms with Crippen LogP contribution in [0.15, 0.2) is 29.3 Å². The van der Waals surface area contributed by atoms with Gasteiger partial charge in [-0.1, -0.05) is 25.5 Å². The molecule has 5 heteroatoms. The Balaban J connectivity index is 2.60. The number of guanidine groups is 1. The largest absolute Gasteiger partial charge is 0.357 e. The molecule has 0 aliphatic heterocycles. The van der Waals surface area contributed by atoms with Crippen molar-refractivity contribution in [1.82, 2.24) is 16.0 Å². The average molecular weight is 290 g/mol. The molecule has 3 N–H and O–H groups in total. The first-order chi connectivity index (χ1) is 10.2. The Morgan fingerprint density at radius 1 is 1.14 bits per heavy atom. The van der Waals surface area contributed by atoms with E-state index in [0.717, 1.165) is 37.5 Å². The Hall–Kier alpha value is -2.04. The molecular formula is C16H26N4O. The zero-order valence-corrected chi connectivity index (χ0v) is 13.2. The number of hydrogen-bond acceptors (Lipinski definition) is 2. The van der Waals surface area contributed by atoms with Crippen molar-refractivity contribution in [2.75, 3.05) is 20.1 Å². The molecule has 0 unspecified atom stereocenters. The summed E-state index contributed by atoms with van der Waals surface area (Å²) in [7, 11) is 1.63. The fourth-order valence-corrected chi connectivity index (χ4v) is 1.80. The van der Waals surface area contributed by atoms with Crippen LogP contribution in [0.25, 0.3) is 0 Å². The number of rotatable bonds is 7. The maximum absolute atomic E-state index is 11.5. The summed E-state index contributed by atoms with van der Waals surface area (Å²) in [6.45, 7) is 6.58. The Morgan fingerprint density at radius 2 is 1.86 bits per heavy atom. The molecule has 0 saturated carbocycles. The molecule has 1 rings (SSSR count). The molecule has 0 atom stereocenters. The molecule has 0 aromatic heterocycles. The van der Waals surface area contributed by atoms with E-state index in [9.17, 15) is 4.79 Å². The van der Waals surface area contributed by atoms with E-state index in [-0.39, 0.29) is 5.91 Å². The Morgan fingerprint density at radius 3 is 2.43 bits per heavy atom. The van der Waals surface area contributed by atoms with E-state index in [1.807, 2.05) is 24.3 Å². The number of benzene rings is 1. The highest BCUT2D eigenvalue weighted by Gasteiger charge is 2.02. The molecule has 21 heavy (non-hydrogen) atoms. The fourth-order valence-electron chi connectivity index (χ4n) is 1.80. The third-order valence-electron chi connectivity index (χ3n) is 3.03. The smallest absolute Gasteiger partial charge is 0.251 e. The molecule has 1 amide bonds. The van der Waals surface area contributed by atoms with Crippen molar-refractivity contribution < 1.29 is 4.79 Å². The predicted molar refractivity (Wildman–Crippen MR) is 87.6 cm³/mol. The monoisotopic (exact) mass is 290 g/mol. The van der Waals surface area contributed by atoms with Crippen molar-refractivity contribution >= 4 is 11.9 Å². The summed E-state index contributed by atoms with van der Waals surface area (Å²) in [5.74, 6) is 0.765. The summed E-state index contributed by atoms with van der Waals surface area (Å²) in [6.07, 6.45) is 2.29. The van der Waals surface area contributed by atoms with Gasteiger partial charge in [0.15, 0.2) is 5.96 Å². The number of hydrogen-bond donors (Lipinski definition) is 3. The molecule has 5 nitrogen and oxygen atoms in total. The normalized spacial score (nSPS) is 11.1. The minimum Gasteiger partial charge on any atom is -0.357 e. The molecule has 0 bridgehead atoms. The second kappa shape index (κ2) is 9.80. The number of unbranched alkanes of at least 4 members (excludes halogenated alkanes) is 1. The van der Waals surface area contributed by atoms with Crippen LogP contribution in [0.3, 0.4) is 0 Å². The van der Waals surface area contributed by atoms with E-state index < -0.39 is 0 Å². The maximum Gasteiger partial charge on any atom is 0.251 e. The van der Waals surface area contributed by atoms with Crippen molar-refractivity contribution in [3.8, 4) is 0 Å². The van der Waals surface area contributed by atoms with Crippen LogP contribution in [0.2, 0.25) is 0 Å². The maximum atomic E-state index is 11.5. The Labute approximate surface area is 127 Å². The van der Waals surface area contributed by atoms with Crippen molar-refractivity contribution in [2.24, 2.45) is 4.99 Å². The third kappa shape index (κ3) is 6.29. The van der Waals surface area contributed by atoms with Crippen LogP contribution < -0.4 is 16.0 Å². The van der Waals surface area contributed by atoms with Crippen LogP contribution in [-0.4, -0.2) is 32.0 Å². The van der Waals surface area contributed by atoms with Gasteiger partial charge < -0.3 is 16.0 Å². The summed E-state index contributed by atoms with van der Waals surface area (Å²) in [5.41, 5.74) is 1.74. The highest BCUT2D eigenvalue weighted by molar-refractivity contribution is 5.93. The van der Waals surface area contributed by atoms with Crippen LogP contribution in [0.1, 0.15) is 42.6 Å². The standard InChI is InChI=1S/C16H26N4O/c1-4-6-11-19-16(18-5-2)20-12-13-7-9-14(10-8-13)15(21)17-3/h7-10H,4-6,11-12H2,1-3H3,(H,17,21)(H2,18,19,20). The van der Waals surface area contributed by atoms with Gasteiger partial charge in [-0.25, -0.2) is 4.99 Å². The molecule has 1 aromatic carbocycles. The van der Waals surface area contributed by atoms with Crippen LogP contribution in [-0.2, 0) is 6.54 Å². The molecule has 0 aliphatic rings. The topological polar surface area (TPSA) is 65.5 Å². The number of nitrogens with zero attached hydrogens (tertiary/aromatic N) is 1. The van der Waals surface area contributed by atoms with Gasteiger partial charge in [0.1, 0.15) is 0 Å². The first-order valence-electron chi connectivity index (χ1n) is 7.54. The molecule has 0 saturated heterocycles. The molecule has 1 aromatic rings. The summed E-state index contributed by atoms with van der Waals surface area (Å²) >= 11 is 0. The van der Waals surface area contributed by atoms with E-state index in [4.69, 9.17) is 0 Å². The first kappa shape index (κ1) is 17.0. The Kier molecular flexibility index (Phi) is 7.94. The summed E-state index contributed by atoms with van der Waals surface area (Å²) in [4.78, 5) is 16.0. The van der Waals surface area contributed by atoms with E-state index >= 15 is 0 Å². The lowest BCUT2D eigenvalue weighted by atomic mass is 10.1. The van der Waals surface area contributed by atoms with Gasteiger partial charge in [0, 0.05) is 25.7 Å². The number of amides is 1. The van der Waals surface area contributed by atoms with Crippen LogP contribution in [0.4, 0.5) is 0 Å². The van der Waals surface area contributed by atoms with E-state index in [2.05, 4.69) is 34.8 Å². The zero-order chi connectivity index (χ0) is 15.5. The van der Waals surface area contributed by atoms with E-state index in [1.165, 1.54) is 0 Å². The molecule has 0 aliphatic carbocycles. The van der Waals surface area contributed by atoms with Gasteiger partial charge in [0.05, 0.1) is 6.54 Å². The number of carbonyl (C=O) groups is 1. The van der Waals surface area contributed by atoms with E-state index in [0.29, 0.717) is 12.1 Å². The van der Waals surface area contributed by atoms with Gasteiger partial charge in [-0.15, -0.1) is 0 Å². The minimum atomic E-state index is -0.0698. The predicted octanol–water partition coefficient (Wildman–Crippen LogP) is 1.90. The second-order valence-electron chi connectivity index (χ2n) is 4.75. The summed E-state index contributed by atoms with van der Waals surface area (Å²) in [5, 5.41) is 9.14. The molecule has 0 fully saturated rings. The van der Waals surface area contributed by atoms with Crippen molar-refractivity contribution in [1.29, 1.82) is 0 Å². The fraction of sp³-hybridized carbons (Fsp3) is 0.500. The SMILES string of the molecule is CCCCNC(=NCc1ccc(C(=O)NC)cc1)NCC. The number of carbonyl (C=O) groups excluding carboxylic acids is 1. The lowest BCUT2D eigenvalue weighted by molar-refractivity contribution is 0.0963. The van der Waals surface area contributed by atoms with Gasteiger partial charge in [-0.3, -0.25) is 4.79 Å². The van der Waals surface area contributed by atoms with Crippen LogP contribution >= 0.6 is 0 Å². The average Bonchev–Trinajstić information content (AvgIpc) is 2.52.